The number of likely N-dealkylation sites (tertiary alicyclic amines) is 1. The second-order valence-corrected chi connectivity index (χ2v) is 8.86. The quantitative estimate of drug-likeness (QED) is 0.575. The Hall–Kier alpha value is -3.12. The van der Waals surface area contributed by atoms with Crippen LogP contribution < -0.4 is 10.6 Å². The van der Waals surface area contributed by atoms with E-state index in [-0.39, 0.29) is 17.9 Å². The zero-order valence-electron chi connectivity index (χ0n) is 18.3. The number of fused-ring (bicyclic) bond motifs is 1. The van der Waals surface area contributed by atoms with Crippen LogP contribution in [0.25, 0.3) is 10.9 Å². The van der Waals surface area contributed by atoms with Gasteiger partial charge in [-0.1, -0.05) is 29.3 Å². The van der Waals surface area contributed by atoms with E-state index < -0.39 is 0 Å². The van der Waals surface area contributed by atoms with Gasteiger partial charge in [0.15, 0.2) is 0 Å². The first-order valence-electron chi connectivity index (χ1n) is 10.9. The molecular formula is C25H27ClN4O2. The van der Waals surface area contributed by atoms with Crippen molar-refractivity contribution in [2.24, 2.45) is 5.92 Å². The van der Waals surface area contributed by atoms with Crippen LogP contribution in [0.1, 0.15) is 34.5 Å². The summed E-state index contributed by atoms with van der Waals surface area (Å²) in [5, 5.41) is 7.27. The highest BCUT2D eigenvalue weighted by atomic mass is 35.5. The van der Waals surface area contributed by atoms with Gasteiger partial charge in [0.05, 0.1) is 16.8 Å². The van der Waals surface area contributed by atoms with Gasteiger partial charge in [-0.3, -0.25) is 9.78 Å². The number of rotatable bonds is 4. The summed E-state index contributed by atoms with van der Waals surface area (Å²) in [6, 6.07) is 14.8. The van der Waals surface area contributed by atoms with Crippen molar-refractivity contribution in [3.63, 3.8) is 0 Å². The van der Waals surface area contributed by atoms with Gasteiger partial charge in [-0.25, -0.2) is 4.79 Å². The first kappa shape index (κ1) is 22.1. The van der Waals surface area contributed by atoms with Crippen molar-refractivity contribution < 1.29 is 9.59 Å². The maximum atomic E-state index is 13.3. The van der Waals surface area contributed by atoms with E-state index in [0.29, 0.717) is 35.9 Å². The molecule has 32 heavy (non-hydrogen) atoms. The summed E-state index contributed by atoms with van der Waals surface area (Å²) in [6.07, 6.45) is 1.88. The summed E-state index contributed by atoms with van der Waals surface area (Å²) >= 11 is 6.11. The number of nitrogens with one attached hydrogen (secondary N) is 2. The van der Waals surface area contributed by atoms with Crippen LogP contribution in [0.3, 0.4) is 0 Å². The lowest BCUT2D eigenvalue weighted by Gasteiger charge is -2.33. The maximum Gasteiger partial charge on any atom is 0.319 e. The monoisotopic (exact) mass is 450 g/mol. The molecule has 1 atom stereocenters. The van der Waals surface area contributed by atoms with E-state index in [4.69, 9.17) is 11.6 Å². The fraction of sp³-hybridized carbons (Fsp3) is 0.320. The average molecular weight is 451 g/mol. The molecule has 0 radical (unpaired) electrons. The topological polar surface area (TPSA) is 74.3 Å². The summed E-state index contributed by atoms with van der Waals surface area (Å²) in [7, 11) is 0. The van der Waals surface area contributed by atoms with Crippen molar-refractivity contribution in [3.8, 4) is 0 Å². The lowest BCUT2D eigenvalue weighted by Crippen LogP contribution is -2.44. The smallest absolute Gasteiger partial charge is 0.319 e. The normalized spacial score (nSPS) is 16.1. The molecule has 3 aromatic rings. The molecule has 1 aromatic heterocycles. The Balaban J connectivity index is 1.37. The van der Waals surface area contributed by atoms with Gasteiger partial charge < -0.3 is 15.5 Å². The van der Waals surface area contributed by atoms with Gasteiger partial charge in [-0.15, -0.1) is 0 Å². The number of urea groups is 1. The number of anilines is 1. The van der Waals surface area contributed by atoms with Crippen molar-refractivity contribution in [3.05, 3.63) is 70.4 Å². The Morgan fingerprint density at radius 2 is 1.91 bits per heavy atom. The van der Waals surface area contributed by atoms with Crippen LogP contribution in [-0.2, 0) is 0 Å². The average Bonchev–Trinajstić information content (AvgIpc) is 2.79. The van der Waals surface area contributed by atoms with Crippen LogP contribution in [0.2, 0.25) is 5.02 Å². The lowest BCUT2D eigenvalue weighted by molar-refractivity contribution is 0.0674. The van der Waals surface area contributed by atoms with Gasteiger partial charge >= 0.3 is 6.03 Å². The third-order valence-corrected chi connectivity index (χ3v) is 6.10. The molecule has 2 aromatic carbocycles. The number of carbonyl (C=O) groups is 2. The van der Waals surface area contributed by atoms with E-state index in [2.05, 4.69) is 15.6 Å². The van der Waals surface area contributed by atoms with E-state index in [1.54, 1.807) is 6.07 Å². The van der Waals surface area contributed by atoms with Crippen LogP contribution in [0.4, 0.5) is 10.5 Å². The number of aromatic nitrogens is 1. The maximum absolute atomic E-state index is 13.3. The third-order valence-electron chi connectivity index (χ3n) is 5.86. The van der Waals surface area contributed by atoms with Crippen LogP contribution >= 0.6 is 11.6 Å². The Bertz CT molecular complexity index is 1150. The standard InChI is InChI=1S/C25H27ClN4O2/c1-16-5-8-21(9-6-16)29-25(32)27-14-18-4-3-11-30(15-18)24(31)22-13-19-12-20(26)7-10-23(19)28-17(22)2/h5-10,12-13,18H,3-4,11,14-15H2,1-2H3,(H2,27,29,32). The Morgan fingerprint density at radius 3 is 2.69 bits per heavy atom. The van der Waals surface area contributed by atoms with Gasteiger partial charge in [-0.2, -0.15) is 0 Å². The van der Waals surface area contributed by atoms with Crippen molar-refractivity contribution >= 4 is 40.1 Å². The Morgan fingerprint density at radius 1 is 1.12 bits per heavy atom. The van der Waals surface area contributed by atoms with Crippen molar-refractivity contribution in [2.75, 3.05) is 25.0 Å². The molecule has 1 saturated heterocycles. The predicted octanol–water partition coefficient (Wildman–Crippen LogP) is 5.18. The van der Waals surface area contributed by atoms with Gasteiger partial charge in [0.2, 0.25) is 0 Å². The van der Waals surface area contributed by atoms with Crippen LogP contribution in [0.15, 0.2) is 48.5 Å². The highest BCUT2D eigenvalue weighted by Crippen LogP contribution is 2.24. The molecule has 0 spiro atoms. The molecular weight excluding hydrogens is 424 g/mol. The number of hydrogen-bond donors (Lipinski definition) is 2. The number of benzene rings is 2. The van der Waals surface area contributed by atoms with Crippen LogP contribution in [0.5, 0.6) is 0 Å². The summed E-state index contributed by atoms with van der Waals surface area (Å²) in [6.45, 7) is 5.70. The molecule has 1 aliphatic heterocycles. The largest absolute Gasteiger partial charge is 0.338 e. The van der Waals surface area contributed by atoms with Gasteiger partial charge in [0.1, 0.15) is 0 Å². The first-order chi connectivity index (χ1) is 15.4. The van der Waals surface area contributed by atoms with Crippen LogP contribution in [-0.4, -0.2) is 41.5 Å². The Labute approximate surface area is 193 Å². The molecule has 6 nitrogen and oxygen atoms in total. The number of nitrogens with zero attached hydrogens (tertiary/aromatic N) is 2. The minimum atomic E-state index is -0.233. The van der Waals surface area contributed by atoms with Crippen LogP contribution in [0, 0.1) is 19.8 Å². The fourth-order valence-corrected chi connectivity index (χ4v) is 4.28. The third kappa shape index (κ3) is 5.19. The highest BCUT2D eigenvalue weighted by Gasteiger charge is 2.26. The molecule has 1 unspecified atom stereocenters. The zero-order chi connectivity index (χ0) is 22.7. The minimum Gasteiger partial charge on any atom is -0.338 e. The second-order valence-electron chi connectivity index (χ2n) is 8.42. The molecule has 0 bridgehead atoms. The molecule has 1 fully saturated rings. The molecule has 7 heteroatoms. The molecule has 4 rings (SSSR count). The molecule has 2 heterocycles. The summed E-state index contributed by atoms with van der Waals surface area (Å²) in [5.41, 5.74) is 4.03. The number of aryl methyl sites for hydroxylation is 2. The number of pyridine rings is 1. The fourth-order valence-electron chi connectivity index (χ4n) is 4.10. The van der Waals surface area contributed by atoms with Gasteiger partial charge in [0, 0.05) is 35.7 Å². The second kappa shape index (κ2) is 9.57. The Kier molecular flexibility index (Phi) is 6.61. The number of piperidine rings is 1. The number of amides is 3. The zero-order valence-corrected chi connectivity index (χ0v) is 19.1. The molecule has 3 amide bonds. The number of carbonyl (C=O) groups excluding carboxylic acids is 2. The van der Waals surface area contributed by atoms with E-state index >= 15 is 0 Å². The highest BCUT2D eigenvalue weighted by molar-refractivity contribution is 6.31. The number of halogens is 1. The van der Waals surface area contributed by atoms with E-state index in [1.165, 1.54) is 0 Å². The molecule has 1 aliphatic rings. The molecule has 2 N–H and O–H groups in total. The number of hydrogen-bond acceptors (Lipinski definition) is 3. The molecule has 166 valence electrons. The predicted molar refractivity (Wildman–Crippen MR) is 128 cm³/mol. The van der Waals surface area contributed by atoms with Gasteiger partial charge in [-0.05, 0) is 69.0 Å². The van der Waals surface area contributed by atoms with E-state index in [9.17, 15) is 9.59 Å². The van der Waals surface area contributed by atoms with E-state index in [1.807, 2.05) is 61.2 Å². The lowest BCUT2D eigenvalue weighted by atomic mass is 9.97. The summed E-state index contributed by atoms with van der Waals surface area (Å²) in [4.78, 5) is 32.0. The summed E-state index contributed by atoms with van der Waals surface area (Å²) in [5.74, 6) is 0.185. The van der Waals surface area contributed by atoms with E-state index in [0.717, 1.165) is 35.0 Å². The summed E-state index contributed by atoms with van der Waals surface area (Å²) < 4.78 is 0. The van der Waals surface area contributed by atoms with Crippen molar-refractivity contribution in [1.29, 1.82) is 0 Å². The minimum absolute atomic E-state index is 0.0225. The molecule has 0 saturated carbocycles. The first-order valence-corrected chi connectivity index (χ1v) is 11.2. The SMILES string of the molecule is Cc1ccc(NC(=O)NCC2CCCN(C(=O)c3cc4cc(Cl)ccc4nc3C)C2)cc1. The van der Waals surface area contributed by atoms with Gasteiger partial charge in [0.25, 0.3) is 5.91 Å². The molecule has 0 aliphatic carbocycles. The van der Waals surface area contributed by atoms with Crippen molar-refractivity contribution in [1.82, 2.24) is 15.2 Å². The van der Waals surface area contributed by atoms with Crippen molar-refractivity contribution in [2.45, 2.75) is 26.7 Å².